The third-order valence-electron chi connectivity index (χ3n) is 4.70. The molecular formula is C21H21N3O3S2. The number of hydrogen-bond donors (Lipinski definition) is 1. The van der Waals surface area contributed by atoms with Crippen LogP contribution in [-0.2, 0) is 10.0 Å². The standard InChI is InChI=1S/C21H21N3O3S2/c25-15-13-23(14-16-28-21-10-4-9-20-22-11-12-24(20)21)29(26,27)19-8-3-6-17-5-1-2-7-18(17)19/h1-12,25H,13-16H2. The SMILES string of the molecule is O=S(=O)(c1cccc2ccccc12)N(CCO)CCSc1cccc2nccn12. The van der Waals surface area contributed by atoms with Gasteiger partial charge in [0.1, 0.15) is 5.65 Å². The summed E-state index contributed by atoms with van der Waals surface area (Å²) in [5.41, 5.74) is 0.852. The average molecular weight is 428 g/mol. The van der Waals surface area contributed by atoms with Crippen LogP contribution in [0.25, 0.3) is 16.4 Å². The highest BCUT2D eigenvalue weighted by molar-refractivity contribution is 7.99. The summed E-state index contributed by atoms with van der Waals surface area (Å²) in [4.78, 5) is 4.54. The first kappa shape index (κ1) is 19.9. The Hall–Kier alpha value is -2.39. The van der Waals surface area contributed by atoms with Crippen LogP contribution in [-0.4, -0.2) is 52.7 Å². The molecule has 0 saturated carbocycles. The van der Waals surface area contributed by atoms with Gasteiger partial charge in [-0.1, -0.05) is 42.5 Å². The van der Waals surface area contributed by atoms with E-state index in [9.17, 15) is 13.5 Å². The van der Waals surface area contributed by atoms with Crippen molar-refractivity contribution in [2.75, 3.05) is 25.4 Å². The Morgan fingerprint density at radius 2 is 1.79 bits per heavy atom. The Labute approximate surface area is 173 Å². The third-order valence-corrected chi connectivity index (χ3v) is 7.67. The molecule has 0 atom stereocenters. The molecule has 0 saturated heterocycles. The lowest BCUT2D eigenvalue weighted by Gasteiger charge is -2.22. The smallest absolute Gasteiger partial charge is 0.243 e. The number of nitrogens with zero attached hydrogens (tertiary/aromatic N) is 3. The van der Waals surface area contributed by atoms with Crippen molar-refractivity contribution in [2.45, 2.75) is 9.92 Å². The van der Waals surface area contributed by atoms with Crippen molar-refractivity contribution in [1.29, 1.82) is 0 Å². The molecule has 0 amide bonds. The van der Waals surface area contributed by atoms with Gasteiger partial charge in [-0.3, -0.25) is 4.40 Å². The van der Waals surface area contributed by atoms with Gasteiger partial charge in [0, 0.05) is 36.6 Å². The van der Waals surface area contributed by atoms with Crippen LogP contribution in [0.1, 0.15) is 0 Å². The number of thioether (sulfide) groups is 1. The lowest BCUT2D eigenvalue weighted by atomic mass is 10.1. The third kappa shape index (κ3) is 4.02. The van der Waals surface area contributed by atoms with Gasteiger partial charge in [-0.05, 0) is 23.6 Å². The quantitative estimate of drug-likeness (QED) is 0.437. The molecule has 0 radical (unpaired) electrons. The monoisotopic (exact) mass is 427 g/mol. The molecule has 0 unspecified atom stereocenters. The molecular weight excluding hydrogens is 406 g/mol. The highest BCUT2D eigenvalue weighted by Gasteiger charge is 2.25. The fraction of sp³-hybridized carbons (Fsp3) is 0.190. The van der Waals surface area contributed by atoms with E-state index in [1.807, 2.05) is 59.1 Å². The molecule has 4 rings (SSSR count). The summed E-state index contributed by atoms with van der Waals surface area (Å²) < 4.78 is 30.0. The second-order valence-corrected chi connectivity index (χ2v) is 9.49. The van der Waals surface area contributed by atoms with E-state index in [-0.39, 0.29) is 18.0 Å². The Bertz CT molecular complexity index is 1230. The van der Waals surface area contributed by atoms with Crippen LogP contribution in [0.5, 0.6) is 0 Å². The van der Waals surface area contributed by atoms with Gasteiger partial charge >= 0.3 is 0 Å². The molecule has 0 fully saturated rings. The number of pyridine rings is 1. The Balaban J connectivity index is 1.57. The lowest BCUT2D eigenvalue weighted by molar-refractivity contribution is 0.257. The number of aliphatic hydroxyl groups is 1. The molecule has 4 aromatic rings. The molecule has 2 aromatic carbocycles. The first-order valence-corrected chi connectivity index (χ1v) is 11.7. The van der Waals surface area contributed by atoms with Crippen LogP contribution >= 0.6 is 11.8 Å². The molecule has 0 aliphatic heterocycles. The van der Waals surface area contributed by atoms with Crippen LogP contribution in [0.15, 0.2) is 83.0 Å². The van der Waals surface area contributed by atoms with E-state index in [1.165, 1.54) is 4.31 Å². The number of aromatic nitrogens is 2. The fourth-order valence-corrected chi connectivity index (χ4v) is 6.07. The molecule has 0 aliphatic carbocycles. The van der Waals surface area contributed by atoms with Gasteiger partial charge in [-0.15, -0.1) is 11.8 Å². The number of imidazole rings is 1. The molecule has 2 aromatic heterocycles. The van der Waals surface area contributed by atoms with E-state index >= 15 is 0 Å². The van der Waals surface area contributed by atoms with Crippen molar-refractivity contribution in [3.63, 3.8) is 0 Å². The molecule has 2 heterocycles. The van der Waals surface area contributed by atoms with Gasteiger partial charge in [-0.2, -0.15) is 4.31 Å². The van der Waals surface area contributed by atoms with Gasteiger partial charge < -0.3 is 5.11 Å². The van der Waals surface area contributed by atoms with Gasteiger partial charge in [-0.25, -0.2) is 13.4 Å². The van der Waals surface area contributed by atoms with Crippen molar-refractivity contribution in [2.24, 2.45) is 0 Å². The van der Waals surface area contributed by atoms with Crippen LogP contribution < -0.4 is 0 Å². The molecule has 150 valence electrons. The molecule has 0 bridgehead atoms. The number of sulfonamides is 1. The number of hydrogen-bond acceptors (Lipinski definition) is 5. The fourth-order valence-electron chi connectivity index (χ4n) is 3.31. The first-order valence-electron chi connectivity index (χ1n) is 9.25. The summed E-state index contributed by atoms with van der Waals surface area (Å²) in [5, 5.41) is 12.0. The van der Waals surface area contributed by atoms with Gasteiger partial charge in [0.15, 0.2) is 0 Å². The Kier molecular flexibility index (Phi) is 5.86. The summed E-state index contributed by atoms with van der Waals surface area (Å²) in [6.45, 7) is 0.120. The predicted octanol–water partition coefficient (Wildman–Crippen LogP) is 3.26. The summed E-state index contributed by atoms with van der Waals surface area (Å²) >= 11 is 1.56. The second kappa shape index (κ2) is 8.54. The zero-order valence-electron chi connectivity index (χ0n) is 15.7. The molecule has 8 heteroatoms. The topological polar surface area (TPSA) is 74.9 Å². The first-order chi connectivity index (χ1) is 14.1. The van der Waals surface area contributed by atoms with Crippen LogP contribution in [0, 0.1) is 0 Å². The predicted molar refractivity (Wildman–Crippen MR) is 116 cm³/mol. The lowest BCUT2D eigenvalue weighted by Crippen LogP contribution is -2.35. The van der Waals surface area contributed by atoms with Crippen molar-refractivity contribution in [1.82, 2.24) is 13.7 Å². The number of aliphatic hydroxyl groups excluding tert-OH is 1. The van der Waals surface area contributed by atoms with E-state index in [2.05, 4.69) is 4.98 Å². The normalized spacial score (nSPS) is 12.2. The number of fused-ring (bicyclic) bond motifs is 2. The van der Waals surface area contributed by atoms with Crippen molar-refractivity contribution in [3.8, 4) is 0 Å². The summed E-state index contributed by atoms with van der Waals surface area (Å²) in [6, 6.07) is 18.5. The molecule has 1 N–H and O–H groups in total. The Morgan fingerprint density at radius 3 is 2.66 bits per heavy atom. The van der Waals surface area contributed by atoms with Crippen molar-refractivity contribution < 1.29 is 13.5 Å². The zero-order chi connectivity index (χ0) is 20.3. The summed E-state index contributed by atoms with van der Waals surface area (Å²) in [7, 11) is -3.74. The van der Waals surface area contributed by atoms with Crippen molar-refractivity contribution in [3.05, 3.63) is 73.1 Å². The highest BCUT2D eigenvalue weighted by Crippen LogP contribution is 2.26. The zero-order valence-corrected chi connectivity index (χ0v) is 17.3. The molecule has 6 nitrogen and oxygen atoms in total. The van der Waals surface area contributed by atoms with Gasteiger partial charge in [0.05, 0.1) is 16.5 Å². The van der Waals surface area contributed by atoms with Crippen LogP contribution in [0.4, 0.5) is 0 Å². The largest absolute Gasteiger partial charge is 0.395 e. The molecule has 0 aliphatic rings. The minimum Gasteiger partial charge on any atom is -0.395 e. The minimum absolute atomic E-state index is 0.0569. The van der Waals surface area contributed by atoms with E-state index in [0.717, 1.165) is 16.1 Å². The highest BCUT2D eigenvalue weighted by atomic mass is 32.2. The molecule has 29 heavy (non-hydrogen) atoms. The summed E-state index contributed by atoms with van der Waals surface area (Å²) in [6.07, 6.45) is 3.62. The Morgan fingerprint density at radius 1 is 1.00 bits per heavy atom. The van der Waals surface area contributed by atoms with Gasteiger partial charge in [0.25, 0.3) is 0 Å². The maximum atomic E-state index is 13.3. The number of rotatable bonds is 8. The maximum absolute atomic E-state index is 13.3. The van der Waals surface area contributed by atoms with Crippen LogP contribution in [0.2, 0.25) is 0 Å². The maximum Gasteiger partial charge on any atom is 0.243 e. The van der Waals surface area contributed by atoms with E-state index in [1.54, 1.807) is 30.1 Å². The van der Waals surface area contributed by atoms with Crippen molar-refractivity contribution >= 4 is 38.2 Å². The summed E-state index contributed by atoms with van der Waals surface area (Å²) in [5.74, 6) is 0.557. The number of benzene rings is 2. The van der Waals surface area contributed by atoms with E-state index in [4.69, 9.17) is 0 Å². The van der Waals surface area contributed by atoms with E-state index in [0.29, 0.717) is 17.7 Å². The second-order valence-electron chi connectivity index (χ2n) is 6.47. The average Bonchev–Trinajstić information content (AvgIpc) is 3.22. The minimum atomic E-state index is -3.74. The molecule has 0 spiro atoms. The van der Waals surface area contributed by atoms with E-state index < -0.39 is 10.0 Å². The van der Waals surface area contributed by atoms with Crippen LogP contribution in [0.3, 0.4) is 0 Å². The van der Waals surface area contributed by atoms with Gasteiger partial charge in [0.2, 0.25) is 10.0 Å².